The lowest BCUT2D eigenvalue weighted by atomic mass is 9.81. The lowest BCUT2D eigenvalue weighted by molar-refractivity contribution is -0.149. The molecule has 1 aliphatic heterocycles. The molecule has 1 heterocycles. The lowest BCUT2D eigenvalue weighted by Crippen LogP contribution is -2.30. The Bertz CT molecular complexity index is 287. The zero-order chi connectivity index (χ0) is 13.7. The van der Waals surface area contributed by atoms with E-state index in [1.54, 1.807) is 0 Å². The van der Waals surface area contributed by atoms with Gasteiger partial charge in [0.05, 0.1) is 6.10 Å². The minimum Gasteiger partial charge on any atom is -0.479 e. The largest absolute Gasteiger partial charge is 0.479 e. The van der Waals surface area contributed by atoms with Crippen molar-refractivity contribution in [3.05, 3.63) is 0 Å². The Labute approximate surface area is 115 Å². The van der Waals surface area contributed by atoms with Crippen LogP contribution in [0.4, 0.5) is 0 Å². The Morgan fingerprint density at radius 2 is 1.95 bits per heavy atom. The number of hydrogen-bond acceptors (Lipinski definition) is 3. The van der Waals surface area contributed by atoms with E-state index in [0.717, 1.165) is 31.3 Å². The van der Waals surface area contributed by atoms with Crippen LogP contribution < -0.4 is 5.32 Å². The molecule has 1 aliphatic carbocycles. The fourth-order valence-electron chi connectivity index (χ4n) is 3.22. The molecule has 1 saturated carbocycles. The Morgan fingerprint density at radius 3 is 2.58 bits per heavy atom. The molecule has 2 unspecified atom stereocenters. The van der Waals surface area contributed by atoms with Crippen molar-refractivity contribution < 1.29 is 14.6 Å². The van der Waals surface area contributed by atoms with Crippen molar-refractivity contribution in [1.82, 2.24) is 5.32 Å². The van der Waals surface area contributed by atoms with E-state index in [0.29, 0.717) is 6.42 Å². The number of ether oxygens (including phenoxy) is 1. The van der Waals surface area contributed by atoms with Gasteiger partial charge in [0.15, 0.2) is 6.10 Å². The molecule has 0 aromatic heterocycles. The van der Waals surface area contributed by atoms with Gasteiger partial charge in [0.2, 0.25) is 0 Å². The highest BCUT2D eigenvalue weighted by Crippen LogP contribution is 2.29. The van der Waals surface area contributed by atoms with Gasteiger partial charge in [0.1, 0.15) is 0 Å². The number of hydrogen-bond donors (Lipinski definition) is 2. The molecule has 2 aliphatic rings. The van der Waals surface area contributed by atoms with Gasteiger partial charge >= 0.3 is 5.97 Å². The zero-order valence-corrected chi connectivity index (χ0v) is 11.9. The molecule has 19 heavy (non-hydrogen) atoms. The van der Waals surface area contributed by atoms with Crippen molar-refractivity contribution in [2.75, 3.05) is 13.1 Å². The monoisotopic (exact) mass is 269 g/mol. The molecule has 0 aromatic rings. The van der Waals surface area contributed by atoms with Crippen molar-refractivity contribution in [3.63, 3.8) is 0 Å². The van der Waals surface area contributed by atoms with Crippen LogP contribution >= 0.6 is 0 Å². The van der Waals surface area contributed by atoms with Gasteiger partial charge < -0.3 is 15.2 Å². The van der Waals surface area contributed by atoms with Crippen molar-refractivity contribution >= 4 is 5.97 Å². The van der Waals surface area contributed by atoms with Crippen LogP contribution in [-0.4, -0.2) is 36.4 Å². The maximum atomic E-state index is 10.8. The Hall–Kier alpha value is -0.610. The van der Waals surface area contributed by atoms with Gasteiger partial charge in [-0.05, 0) is 37.6 Å². The highest BCUT2D eigenvalue weighted by molar-refractivity contribution is 5.72. The van der Waals surface area contributed by atoms with Crippen molar-refractivity contribution in [1.29, 1.82) is 0 Å². The third-order valence-corrected chi connectivity index (χ3v) is 4.62. The van der Waals surface area contributed by atoms with E-state index in [1.807, 2.05) is 0 Å². The van der Waals surface area contributed by atoms with Gasteiger partial charge in [-0.15, -0.1) is 0 Å². The molecule has 0 radical (unpaired) electrons. The average Bonchev–Trinajstić information content (AvgIpc) is 2.86. The number of carboxylic acids is 1. The number of rotatable bonds is 6. The molecule has 4 nitrogen and oxygen atoms in total. The van der Waals surface area contributed by atoms with Crippen LogP contribution in [0.1, 0.15) is 51.9 Å². The van der Waals surface area contributed by atoms with Crippen LogP contribution in [0.5, 0.6) is 0 Å². The number of nitrogens with one attached hydrogen (secondary N) is 1. The number of carbonyl (C=O) groups is 1. The third-order valence-electron chi connectivity index (χ3n) is 4.62. The minimum absolute atomic E-state index is 0.0903. The second kappa shape index (κ2) is 7.25. The Morgan fingerprint density at radius 1 is 1.21 bits per heavy atom. The van der Waals surface area contributed by atoms with Gasteiger partial charge in [-0.3, -0.25) is 0 Å². The molecule has 1 saturated heterocycles. The van der Waals surface area contributed by atoms with E-state index < -0.39 is 12.1 Å². The molecule has 4 heteroatoms. The van der Waals surface area contributed by atoms with Crippen LogP contribution in [0.15, 0.2) is 0 Å². The van der Waals surface area contributed by atoms with Crippen LogP contribution in [0, 0.1) is 11.8 Å². The summed E-state index contributed by atoms with van der Waals surface area (Å²) in [5, 5.41) is 12.3. The molecular weight excluding hydrogens is 242 g/mol. The summed E-state index contributed by atoms with van der Waals surface area (Å²) in [5.41, 5.74) is 0. The second-order valence-corrected chi connectivity index (χ2v) is 6.28. The Kier molecular flexibility index (Phi) is 5.64. The molecule has 110 valence electrons. The predicted molar refractivity (Wildman–Crippen MR) is 74.1 cm³/mol. The SMILES string of the molecule is CC1CCC(CCNCC2CCC(C(=O)O)O2)CC1. The average molecular weight is 269 g/mol. The standard InChI is InChI=1S/C15H27NO3/c1-11-2-4-12(5-3-11)8-9-16-10-13-6-7-14(19-13)15(17)18/h11-14,16H,2-10H2,1H3,(H,17,18). The van der Waals surface area contributed by atoms with E-state index in [4.69, 9.17) is 9.84 Å². The molecule has 0 bridgehead atoms. The van der Waals surface area contributed by atoms with Crippen LogP contribution in [0.3, 0.4) is 0 Å². The summed E-state index contributed by atoms with van der Waals surface area (Å²) in [5.74, 6) is 0.989. The fraction of sp³-hybridized carbons (Fsp3) is 0.933. The van der Waals surface area contributed by atoms with Crippen LogP contribution in [-0.2, 0) is 9.53 Å². The van der Waals surface area contributed by atoms with Crippen molar-refractivity contribution in [2.45, 2.75) is 64.1 Å². The van der Waals surface area contributed by atoms with E-state index in [-0.39, 0.29) is 6.10 Å². The zero-order valence-electron chi connectivity index (χ0n) is 11.9. The maximum Gasteiger partial charge on any atom is 0.332 e. The van der Waals surface area contributed by atoms with Crippen molar-refractivity contribution in [2.24, 2.45) is 11.8 Å². The third kappa shape index (κ3) is 4.77. The second-order valence-electron chi connectivity index (χ2n) is 6.28. The normalized spacial score (nSPS) is 35.4. The van der Waals surface area contributed by atoms with E-state index in [1.165, 1.54) is 32.1 Å². The topological polar surface area (TPSA) is 58.6 Å². The first kappa shape index (κ1) is 14.8. The summed E-state index contributed by atoms with van der Waals surface area (Å²) in [6, 6.07) is 0. The summed E-state index contributed by atoms with van der Waals surface area (Å²) in [4.78, 5) is 10.8. The maximum absolute atomic E-state index is 10.8. The van der Waals surface area contributed by atoms with Crippen LogP contribution in [0.2, 0.25) is 0 Å². The highest BCUT2D eigenvalue weighted by Gasteiger charge is 2.30. The van der Waals surface area contributed by atoms with E-state index in [2.05, 4.69) is 12.2 Å². The summed E-state index contributed by atoms with van der Waals surface area (Å²) < 4.78 is 5.47. The van der Waals surface area contributed by atoms with E-state index in [9.17, 15) is 4.79 Å². The van der Waals surface area contributed by atoms with Gasteiger partial charge in [0.25, 0.3) is 0 Å². The molecule has 0 aromatic carbocycles. The molecular formula is C15H27NO3. The number of aliphatic carboxylic acids is 1. The van der Waals surface area contributed by atoms with Crippen LogP contribution in [0.25, 0.3) is 0 Å². The summed E-state index contributed by atoms with van der Waals surface area (Å²) in [6.07, 6.45) is 7.81. The predicted octanol–water partition coefficient (Wildman–Crippen LogP) is 2.42. The summed E-state index contributed by atoms with van der Waals surface area (Å²) in [7, 11) is 0. The minimum atomic E-state index is -0.821. The van der Waals surface area contributed by atoms with Gasteiger partial charge in [-0.1, -0.05) is 32.6 Å². The first-order chi connectivity index (χ1) is 9.15. The molecule has 0 amide bonds. The molecule has 2 N–H and O–H groups in total. The quantitative estimate of drug-likeness (QED) is 0.727. The van der Waals surface area contributed by atoms with E-state index >= 15 is 0 Å². The smallest absolute Gasteiger partial charge is 0.332 e. The van der Waals surface area contributed by atoms with Crippen molar-refractivity contribution in [3.8, 4) is 0 Å². The van der Waals surface area contributed by atoms with Gasteiger partial charge in [-0.2, -0.15) is 0 Å². The van der Waals surface area contributed by atoms with Gasteiger partial charge in [0, 0.05) is 6.54 Å². The summed E-state index contributed by atoms with van der Waals surface area (Å²) >= 11 is 0. The fourth-order valence-corrected chi connectivity index (χ4v) is 3.22. The highest BCUT2D eigenvalue weighted by atomic mass is 16.5. The first-order valence-electron chi connectivity index (χ1n) is 7.74. The molecule has 2 atom stereocenters. The van der Waals surface area contributed by atoms with Gasteiger partial charge in [-0.25, -0.2) is 4.79 Å². The first-order valence-corrected chi connectivity index (χ1v) is 7.74. The molecule has 2 rings (SSSR count). The lowest BCUT2D eigenvalue weighted by Gasteiger charge is -2.26. The molecule has 2 fully saturated rings. The number of carboxylic acid groups (broad SMARTS) is 1. The molecule has 0 spiro atoms. The summed E-state index contributed by atoms with van der Waals surface area (Å²) in [6.45, 7) is 4.19. The Balaban J connectivity index is 1.52.